The third kappa shape index (κ3) is 2.30. The SMILES string of the molecule is CC(=O)O[C@H]1CC[C@@H]2[C@@H]3CC[C@H]4C[C@@H](O)C=C[C@]4(C)[C@@H]3CC[C@]12C. The molecule has 0 heterocycles. The van der Waals surface area contributed by atoms with Crippen molar-refractivity contribution in [1.82, 2.24) is 0 Å². The summed E-state index contributed by atoms with van der Waals surface area (Å²) in [5.41, 5.74) is 0.428. The maximum absolute atomic E-state index is 11.5. The molecule has 24 heavy (non-hydrogen) atoms. The predicted octanol–water partition coefficient (Wildman–Crippen LogP) is 4.10. The summed E-state index contributed by atoms with van der Waals surface area (Å²) in [5.74, 6) is 2.69. The fourth-order valence-electron chi connectivity index (χ4n) is 7.14. The van der Waals surface area contributed by atoms with Crippen LogP contribution in [0.15, 0.2) is 12.2 Å². The van der Waals surface area contributed by atoms with Crippen molar-refractivity contribution in [2.75, 3.05) is 0 Å². The lowest BCUT2D eigenvalue weighted by Gasteiger charge is -2.59. The zero-order valence-electron chi connectivity index (χ0n) is 15.3. The van der Waals surface area contributed by atoms with Gasteiger partial charge in [-0.3, -0.25) is 4.79 Å². The minimum atomic E-state index is -0.242. The van der Waals surface area contributed by atoms with Crippen LogP contribution in [0.25, 0.3) is 0 Å². The molecule has 3 fully saturated rings. The third-order valence-corrected chi connectivity index (χ3v) is 8.39. The van der Waals surface area contributed by atoms with Gasteiger partial charge in [0.2, 0.25) is 0 Å². The normalized spacial score (nSPS) is 53.0. The summed E-state index contributed by atoms with van der Waals surface area (Å²) < 4.78 is 5.72. The van der Waals surface area contributed by atoms with Gasteiger partial charge < -0.3 is 9.84 Å². The van der Waals surface area contributed by atoms with Crippen LogP contribution >= 0.6 is 0 Å². The molecule has 0 amide bonds. The highest BCUT2D eigenvalue weighted by Gasteiger charge is 2.60. The smallest absolute Gasteiger partial charge is 0.302 e. The molecule has 0 aromatic rings. The minimum absolute atomic E-state index is 0.121. The van der Waals surface area contributed by atoms with E-state index in [2.05, 4.69) is 19.9 Å². The molecule has 0 spiro atoms. The molecule has 1 N–H and O–H groups in total. The van der Waals surface area contributed by atoms with E-state index in [-0.39, 0.29) is 29.0 Å². The molecule has 3 nitrogen and oxygen atoms in total. The second-order valence-corrected chi connectivity index (χ2v) is 9.40. The Morgan fingerprint density at radius 2 is 1.92 bits per heavy atom. The molecule has 4 aliphatic carbocycles. The number of aliphatic hydroxyl groups excluding tert-OH is 1. The van der Waals surface area contributed by atoms with Crippen molar-refractivity contribution in [3.8, 4) is 0 Å². The zero-order valence-corrected chi connectivity index (χ0v) is 15.3. The van der Waals surface area contributed by atoms with E-state index in [1.807, 2.05) is 6.08 Å². The van der Waals surface area contributed by atoms with Crippen LogP contribution in [0.1, 0.15) is 65.7 Å². The van der Waals surface area contributed by atoms with Crippen molar-refractivity contribution in [1.29, 1.82) is 0 Å². The van der Waals surface area contributed by atoms with E-state index in [9.17, 15) is 9.90 Å². The molecular weight excluding hydrogens is 300 g/mol. The summed E-state index contributed by atoms with van der Waals surface area (Å²) >= 11 is 0. The first kappa shape index (κ1) is 16.6. The largest absolute Gasteiger partial charge is 0.462 e. The summed E-state index contributed by atoms with van der Waals surface area (Å²) in [5, 5.41) is 10.0. The first-order chi connectivity index (χ1) is 11.3. The van der Waals surface area contributed by atoms with Crippen LogP contribution in [0.4, 0.5) is 0 Å². The van der Waals surface area contributed by atoms with Crippen LogP contribution in [0.3, 0.4) is 0 Å². The van der Waals surface area contributed by atoms with Gasteiger partial charge in [-0.05, 0) is 74.0 Å². The topological polar surface area (TPSA) is 46.5 Å². The maximum atomic E-state index is 11.5. The van der Waals surface area contributed by atoms with Crippen LogP contribution in [-0.4, -0.2) is 23.3 Å². The monoisotopic (exact) mass is 332 g/mol. The van der Waals surface area contributed by atoms with E-state index in [1.54, 1.807) is 6.92 Å². The van der Waals surface area contributed by atoms with Crippen molar-refractivity contribution >= 4 is 5.97 Å². The Morgan fingerprint density at radius 3 is 2.67 bits per heavy atom. The Labute approximate surface area is 145 Å². The van der Waals surface area contributed by atoms with Crippen LogP contribution < -0.4 is 0 Å². The van der Waals surface area contributed by atoms with Gasteiger partial charge in [0.05, 0.1) is 6.10 Å². The number of hydrogen-bond donors (Lipinski definition) is 1. The lowest BCUT2D eigenvalue weighted by atomic mass is 9.46. The Hall–Kier alpha value is -0.830. The van der Waals surface area contributed by atoms with E-state index in [0.717, 1.165) is 24.7 Å². The zero-order chi connectivity index (χ0) is 17.1. The number of hydrogen-bond acceptors (Lipinski definition) is 3. The molecule has 3 saturated carbocycles. The van der Waals surface area contributed by atoms with Crippen LogP contribution in [-0.2, 0) is 9.53 Å². The van der Waals surface area contributed by atoms with E-state index in [1.165, 1.54) is 32.1 Å². The van der Waals surface area contributed by atoms with Crippen molar-refractivity contribution in [3.05, 3.63) is 12.2 Å². The molecule has 0 radical (unpaired) electrons. The molecule has 0 aromatic heterocycles. The maximum Gasteiger partial charge on any atom is 0.302 e. The molecule has 3 heteroatoms. The fourth-order valence-corrected chi connectivity index (χ4v) is 7.14. The number of ether oxygens (including phenoxy) is 1. The number of carbonyl (C=O) groups is 1. The van der Waals surface area contributed by atoms with Crippen molar-refractivity contribution in [2.45, 2.75) is 77.9 Å². The van der Waals surface area contributed by atoms with Gasteiger partial charge in [0.1, 0.15) is 6.10 Å². The second-order valence-electron chi connectivity index (χ2n) is 9.40. The minimum Gasteiger partial charge on any atom is -0.462 e. The second kappa shape index (κ2) is 5.59. The fraction of sp³-hybridized carbons (Fsp3) is 0.857. The molecule has 0 aromatic carbocycles. The van der Waals surface area contributed by atoms with Gasteiger partial charge in [0.25, 0.3) is 0 Å². The molecule has 0 bridgehead atoms. The summed E-state index contributed by atoms with van der Waals surface area (Å²) in [4.78, 5) is 11.5. The van der Waals surface area contributed by atoms with E-state index < -0.39 is 0 Å². The van der Waals surface area contributed by atoms with Crippen molar-refractivity contribution in [2.24, 2.45) is 34.5 Å². The van der Waals surface area contributed by atoms with Gasteiger partial charge in [0, 0.05) is 12.3 Å². The third-order valence-electron chi connectivity index (χ3n) is 8.39. The van der Waals surface area contributed by atoms with Crippen LogP contribution in [0.2, 0.25) is 0 Å². The van der Waals surface area contributed by atoms with Gasteiger partial charge in [-0.25, -0.2) is 0 Å². The number of esters is 1. The molecule has 4 rings (SSSR count). The van der Waals surface area contributed by atoms with Gasteiger partial charge in [0.15, 0.2) is 0 Å². The van der Waals surface area contributed by atoms with E-state index in [0.29, 0.717) is 11.8 Å². The molecule has 8 atom stereocenters. The predicted molar refractivity (Wildman–Crippen MR) is 93.2 cm³/mol. The summed E-state index contributed by atoms with van der Waals surface area (Å²) in [6.07, 6.45) is 12.4. The number of allylic oxidation sites excluding steroid dienone is 1. The number of rotatable bonds is 1. The molecule has 134 valence electrons. The molecule has 0 unspecified atom stereocenters. The molecule has 0 aliphatic heterocycles. The summed E-state index contributed by atoms with van der Waals surface area (Å²) in [6, 6.07) is 0. The Morgan fingerprint density at radius 1 is 1.12 bits per heavy atom. The van der Waals surface area contributed by atoms with Gasteiger partial charge >= 0.3 is 5.97 Å². The highest BCUT2D eigenvalue weighted by Crippen LogP contribution is 2.65. The van der Waals surface area contributed by atoms with Crippen molar-refractivity contribution < 1.29 is 14.6 Å². The highest BCUT2D eigenvalue weighted by atomic mass is 16.5. The average molecular weight is 332 g/mol. The van der Waals surface area contributed by atoms with Crippen molar-refractivity contribution in [3.63, 3.8) is 0 Å². The van der Waals surface area contributed by atoms with Gasteiger partial charge in [-0.1, -0.05) is 26.0 Å². The lowest BCUT2D eigenvalue weighted by Crippen LogP contribution is -2.53. The Bertz CT molecular complexity index is 555. The van der Waals surface area contributed by atoms with Gasteiger partial charge in [-0.15, -0.1) is 0 Å². The van der Waals surface area contributed by atoms with Crippen LogP contribution in [0, 0.1) is 34.5 Å². The lowest BCUT2D eigenvalue weighted by molar-refractivity contribution is -0.158. The standard InChI is InChI=1S/C21H32O3/c1-13(22)24-19-7-6-17-16-5-4-14-12-15(23)8-10-20(14,2)18(16)9-11-21(17,19)3/h8,10,14-19,23H,4-7,9,11-12H2,1-3H3/t14-,15-,16-,17+,18+,19-,20-,21-/m0/s1. The van der Waals surface area contributed by atoms with E-state index >= 15 is 0 Å². The first-order valence-electron chi connectivity index (χ1n) is 9.89. The number of aliphatic hydroxyl groups is 1. The van der Waals surface area contributed by atoms with Crippen LogP contribution in [0.5, 0.6) is 0 Å². The Kier molecular flexibility index (Phi) is 3.87. The first-order valence-corrected chi connectivity index (χ1v) is 9.89. The molecular formula is C21H32O3. The molecule has 0 saturated heterocycles. The molecule has 4 aliphatic rings. The highest BCUT2D eigenvalue weighted by molar-refractivity contribution is 5.66. The quantitative estimate of drug-likeness (QED) is 0.581. The number of carbonyl (C=O) groups excluding carboxylic acids is 1. The average Bonchev–Trinajstić information content (AvgIpc) is 2.84. The summed E-state index contributed by atoms with van der Waals surface area (Å²) in [6.45, 7) is 6.37. The van der Waals surface area contributed by atoms with E-state index in [4.69, 9.17) is 4.74 Å². The van der Waals surface area contributed by atoms with Gasteiger partial charge in [-0.2, -0.15) is 0 Å². The summed E-state index contributed by atoms with van der Waals surface area (Å²) in [7, 11) is 0. The number of fused-ring (bicyclic) bond motifs is 5. The Balaban J connectivity index is 1.61.